The minimum Gasteiger partial charge on any atom is -0.396 e. The molecule has 7 nitrogen and oxygen atoms in total. The molecule has 0 saturated heterocycles. The topological polar surface area (TPSA) is 102 Å². The van der Waals surface area contributed by atoms with Crippen molar-refractivity contribution in [3.8, 4) is 11.5 Å². The summed E-state index contributed by atoms with van der Waals surface area (Å²) < 4.78 is 13.9. The first-order valence-electron chi connectivity index (χ1n) is 8.59. The van der Waals surface area contributed by atoms with E-state index in [1.54, 1.807) is 60.7 Å². The van der Waals surface area contributed by atoms with Gasteiger partial charge in [0.2, 0.25) is 0 Å². The highest BCUT2D eigenvalue weighted by Crippen LogP contribution is 2.11. The molecule has 27 heavy (non-hydrogen) atoms. The first-order chi connectivity index (χ1) is 13.2. The normalized spacial score (nSPS) is 9.56. The van der Waals surface area contributed by atoms with E-state index in [-0.39, 0.29) is 24.7 Å². The van der Waals surface area contributed by atoms with Crippen LogP contribution in [-0.2, 0) is 4.74 Å². The number of aliphatic hydroxyl groups excluding tert-OH is 2. The second-order valence-corrected chi connectivity index (χ2v) is 5.29. The van der Waals surface area contributed by atoms with E-state index in [4.69, 9.17) is 19.7 Å². The van der Waals surface area contributed by atoms with Gasteiger partial charge in [0.1, 0.15) is 11.5 Å². The van der Waals surface area contributed by atoms with Crippen molar-refractivity contribution in [3.63, 3.8) is 0 Å². The maximum absolute atomic E-state index is 11.3. The Kier molecular flexibility index (Phi) is 11.7. The van der Waals surface area contributed by atoms with Gasteiger partial charge in [-0.05, 0) is 37.1 Å². The quantitative estimate of drug-likeness (QED) is 0.327. The zero-order valence-electron chi connectivity index (χ0n) is 15.0. The Bertz CT molecular complexity index is 586. The number of hydrogen-bond donors (Lipinski definition) is 2. The van der Waals surface area contributed by atoms with Crippen LogP contribution in [0.5, 0.6) is 11.5 Å². The summed E-state index contributed by atoms with van der Waals surface area (Å²) in [4.78, 5) is 22.5. The Morgan fingerprint density at radius 3 is 1.33 bits per heavy atom. The standard InChI is InChI=1S/C14H10O5.C6H14O2/c15-13(17-11-7-3-1-4-8-11)19-14(16)18-12-9-5-2-6-10-12;7-5-3-1-2-4-6-8/h1-10H;7-8H,1-6H2. The first-order valence-corrected chi connectivity index (χ1v) is 8.59. The second-order valence-electron chi connectivity index (χ2n) is 5.29. The number of carbonyl (C=O) groups excluding carboxylic acids is 2. The van der Waals surface area contributed by atoms with Gasteiger partial charge in [0.05, 0.1) is 0 Å². The number of aliphatic hydroxyl groups is 2. The Morgan fingerprint density at radius 1 is 0.630 bits per heavy atom. The average molecular weight is 376 g/mol. The van der Waals surface area contributed by atoms with Gasteiger partial charge in [0, 0.05) is 13.2 Å². The van der Waals surface area contributed by atoms with Gasteiger partial charge in [-0.15, -0.1) is 0 Å². The van der Waals surface area contributed by atoms with Gasteiger partial charge in [0.15, 0.2) is 0 Å². The third-order valence-corrected chi connectivity index (χ3v) is 3.12. The fraction of sp³-hybridized carbons (Fsp3) is 0.300. The van der Waals surface area contributed by atoms with Crippen molar-refractivity contribution in [1.29, 1.82) is 0 Å². The van der Waals surface area contributed by atoms with E-state index in [1.165, 1.54) is 0 Å². The molecule has 2 N–H and O–H groups in total. The molecular formula is C20H24O7. The Labute approximate surface area is 158 Å². The van der Waals surface area contributed by atoms with E-state index in [1.807, 2.05) is 0 Å². The molecule has 0 atom stereocenters. The summed E-state index contributed by atoms with van der Waals surface area (Å²) >= 11 is 0. The van der Waals surface area contributed by atoms with Gasteiger partial charge in [-0.3, -0.25) is 0 Å². The van der Waals surface area contributed by atoms with Gasteiger partial charge in [-0.1, -0.05) is 49.2 Å². The molecule has 0 unspecified atom stereocenters. The molecule has 146 valence electrons. The van der Waals surface area contributed by atoms with Crippen molar-refractivity contribution in [3.05, 3.63) is 60.7 Å². The number of benzene rings is 2. The van der Waals surface area contributed by atoms with Gasteiger partial charge >= 0.3 is 12.3 Å². The van der Waals surface area contributed by atoms with Crippen LogP contribution in [0.3, 0.4) is 0 Å². The molecule has 2 aromatic rings. The average Bonchev–Trinajstić information content (AvgIpc) is 2.67. The summed E-state index contributed by atoms with van der Waals surface area (Å²) in [5.41, 5.74) is 0. The highest BCUT2D eigenvalue weighted by atomic mass is 16.8. The predicted molar refractivity (Wildman–Crippen MR) is 98.7 cm³/mol. The molecule has 2 aromatic carbocycles. The predicted octanol–water partition coefficient (Wildman–Crippen LogP) is 3.93. The van der Waals surface area contributed by atoms with Gasteiger partial charge < -0.3 is 24.4 Å². The summed E-state index contributed by atoms with van der Waals surface area (Å²) in [6.45, 7) is 0.566. The monoisotopic (exact) mass is 376 g/mol. The SMILES string of the molecule is O=C(OC(=O)Oc1ccccc1)Oc1ccccc1.OCCCCCCO. The van der Waals surface area contributed by atoms with Crippen LogP contribution in [0, 0.1) is 0 Å². The maximum Gasteiger partial charge on any atom is 0.524 e. The second kappa shape index (κ2) is 14.3. The number of carbonyl (C=O) groups is 2. The Hall–Kier alpha value is -2.90. The van der Waals surface area contributed by atoms with Crippen LogP contribution >= 0.6 is 0 Å². The molecule has 7 heteroatoms. The van der Waals surface area contributed by atoms with Crippen molar-refractivity contribution in [1.82, 2.24) is 0 Å². The van der Waals surface area contributed by atoms with Crippen LogP contribution in [0.1, 0.15) is 25.7 Å². The molecule has 0 aliphatic rings. The zero-order valence-corrected chi connectivity index (χ0v) is 15.0. The third-order valence-electron chi connectivity index (χ3n) is 3.12. The Morgan fingerprint density at radius 2 is 1.00 bits per heavy atom. The first kappa shape index (κ1) is 22.1. The summed E-state index contributed by atoms with van der Waals surface area (Å²) in [5, 5.41) is 16.6. The van der Waals surface area contributed by atoms with Crippen molar-refractivity contribution >= 4 is 12.3 Å². The molecule has 0 bridgehead atoms. The molecule has 0 fully saturated rings. The van der Waals surface area contributed by atoms with E-state index in [2.05, 4.69) is 4.74 Å². The molecule has 0 spiro atoms. The van der Waals surface area contributed by atoms with E-state index < -0.39 is 12.3 Å². The minimum absolute atomic E-state index is 0.278. The molecule has 0 radical (unpaired) electrons. The van der Waals surface area contributed by atoms with Crippen molar-refractivity contribution in [2.24, 2.45) is 0 Å². The molecule has 0 amide bonds. The summed E-state index contributed by atoms with van der Waals surface area (Å²) in [5.74, 6) is 0.556. The van der Waals surface area contributed by atoms with E-state index in [0.717, 1.165) is 25.7 Å². The van der Waals surface area contributed by atoms with Crippen LogP contribution in [0.25, 0.3) is 0 Å². The smallest absolute Gasteiger partial charge is 0.396 e. The van der Waals surface area contributed by atoms with Crippen molar-refractivity contribution in [2.75, 3.05) is 13.2 Å². The molecule has 0 aliphatic carbocycles. The summed E-state index contributed by atoms with van der Waals surface area (Å²) in [7, 11) is 0. The van der Waals surface area contributed by atoms with E-state index >= 15 is 0 Å². The van der Waals surface area contributed by atoms with Crippen LogP contribution in [0.15, 0.2) is 60.7 Å². The number of hydrogen-bond acceptors (Lipinski definition) is 7. The lowest BCUT2D eigenvalue weighted by Crippen LogP contribution is -2.19. The Balaban J connectivity index is 0.000000387. The van der Waals surface area contributed by atoms with Crippen LogP contribution in [0.2, 0.25) is 0 Å². The zero-order chi connectivity index (χ0) is 19.7. The van der Waals surface area contributed by atoms with Gasteiger partial charge in [-0.25, -0.2) is 9.59 Å². The molecule has 0 aliphatic heterocycles. The fourth-order valence-corrected chi connectivity index (χ4v) is 1.86. The van der Waals surface area contributed by atoms with Gasteiger partial charge in [-0.2, -0.15) is 0 Å². The minimum atomic E-state index is -1.15. The lowest BCUT2D eigenvalue weighted by molar-refractivity contribution is 0.0896. The van der Waals surface area contributed by atoms with Crippen LogP contribution in [0.4, 0.5) is 9.59 Å². The number of ether oxygens (including phenoxy) is 3. The van der Waals surface area contributed by atoms with E-state index in [9.17, 15) is 9.59 Å². The molecular weight excluding hydrogens is 352 g/mol. The van der Waals surface area contributed by atoms with Crippen molar-refractivity contribution < 1.29 is 34.0 Å². The lowest BCUT2D eigenvalue weighted by Gasteiger charge is -2.04. The third kappa shape index (κ3) is 11.4. The molecule has 2 rings (SSSR count). The molecule has 0 aromatic heterocycles. The van der Waals surface area contributed by atoms with Crippen LogP contribution in [-0.4, -0.2) is 35.7 Å². The van der Waals surface area contributed by atoms with Crippen molar-refractivity contribution in [2.45, 2.75) is 25.7 Å². The number of unbranched alkanes of at least 4 members (excludes halogenated alkanes) is 3. The summed E-state index contributed by atoms with van der Waals surface area (Å²) in [6.07, 6.45) is 1.54. The summed E-state index contributed by atoms with van der Waals surface area (Å²) in [6, 6.07) is 16.5. The number of para-hydroxylation sites is 2. The largest absolute Gasteiger partial charge is 0.524 e. The fourth-order valence-electron chi connectivity index (χ4n) is 1.86. The number of rotatable bonds is 7. The highest BCUT2D eigenvalue weighted by Gasteiger charge is 2.14. The van der Waals surface area contributed by atoms with Gasteiger partial charge in [0.25, 0.3) is 0 Å². The van der Waals surface area contributed by atoms with E-state index in [0.29, 0.717) is 0 Å². The highest BCUT2D eigenvalue weighted by molar-refractivity contribution is 5.79. The molecule has 0 heterocycles. The maximum atomic E-state index is 11.3. The lowest BCUT2D eigenvalue weighted by atomic mass is 10.2. The van der Waals surface area contributed by atoms with Crippen LogP contribution < -0.4 is 9.47 Å². The molecule has 0 saturated carbocycles.